The average Bonchev–Trinajstić information content (AvgIpc) is 3.24. The number of nitrogens with zero attached hydrogens (tertiary/aromatic N) is 2. The van der Waals surface area contributed by atoms with Crippen LogP contribution in [0.5, 0.6) is 11.5 Å². The predicted molar refractivity (Wildman–Crippen MR) is 97.5 cm³/mol. The van der Waals surface area contributed by atoms with Crippen LogP contribution in [-0.4, -0.2) is 32.7 Å². The van der Waals surface area contributed by atoms with E-state index in [1.807, 2.05) is 18.2 Å². The van der Waals surface area contributed by atoms with Crippen molar-refractivity contribution in [3.05, 3.63) is 34.2 Å². The second kappa shape index (κ2) is 8.31. The van der Waals surface area contributed by atoms with E-state index in [1.165, 1.54) is 11.8 Å². The molecular weight excluding hydrogens is 356 g/mol. The van der Waals surface area contributed by atoms with Gasteiger partial charge in [0.25, 0.3) is 0 Å². The van der Waals surface area contributed by atoms with Gasteiger partial charge in [-0.05, 0) is 31.0 Å². The Labute approximate surface area is 155 Å². The number of aromatic nitrogens is 3. The maximum absolute atomic E-state index is 12.4. The van der Waals surface area contributed by atoms with E-state index < -0.39 is 0 Å². The van der Waals surface area contributed by atoms with Crippen molar-refractivity contribution >= 4 is 17.7 Å². The van der Waals surface area contributed by atoms with Gasteiger partial charge >= 0.3 is 5.69 Å². The van der Waals surface area contributed by atoms with Gasteiger partial charge in [0.2, 0.25) is 12.7 Å². The van der Waals surface area contributed by atoms with Gasteiger partial charge in [-0.25, -0.2) is 9.89 Å². The predicted octanol–water partition coefficient (Wildman–Crippen LogP) is 1.90. The van der Waals surface area contributed by atoms with Gasteiger partial charge in [-0.2, -0.15) is 0 Å². The minimum absolute atomic E-state index is 0.120. The number of fused-ring (bicyclic) bond motifs is 1. The lowest BCUT2D eigenvalue weighted by Crippen LogP contribution is -2.30. The Morgan fingerprint density at radius 3 is 3.04 bits per heavy atom. The Balaban J connectivity index is 1.56. The number of rotatable bonds is 8. The minimum atomic E-state index is -0.375. The van der Waals surface area contributed by atoms with Crippen LogP contribution in [0.4, 0.5) is 0 Å². The molecule has 1 amide bonds. The van der Waals surface area contributed by atoms with Crippen molar-refractivity contribution in [3.63, 3.8) is 0 Å². The molecule has 140 valence electrons. The van der Waals surface area contributed by atoms with Gasteiger partial charge in [-0.15, -0.1) is 5.10 Å². The minimum Gasteiger partial charge on any atom is -0.454 e. The molecule has 1 aromatic carbocycles. The fraction of sp³-hybridized carbons (Fsp3) is 0.471. The number of nitrogens with one attached hydrogen (secondary N) is 2. The van der Waals surface area contributed by atoms with E-state index >= 15 is 0 Å². The van der Waals surface area contributed by atoms with E-state index in [0.717, 1.165) is 18.4 Å². The van der Waals surface area contributed by atoms with Crippen molar-refractivity contribution in [2.24, 2.45) is 0 Å². The van der Waals surface area contributed by atoms with Crippen LogP contribution in [0.15, 0.2) is 28.2 Å². The first-order valence-electron chi connectivity index (χ1n) is 8.56. The van der Waals surface area contributed by atoms with E-state index in [1.54, 1.807) is 11.5 Å². The Bertz CT molecular complexity index is 832. The molecule has 0 radical (unpaired) electrons. The lowest BCUT2D eigenvalue weighted by Gasteiger charge is -2.12. The van der Waals surface area contributed by atoms with Crippen molar-refractivity contribution in [1.82, 2.24) is 20.1 Å². The third-order valence-corrected chi connectivity index (χ3v) is 5.10. The van der Waals surface area contributed by atoms with Gasteiger partial charge in [0.1, 0.15) is 0 Å². The normalized spacial score (nSPS) is 13.6. The third kappa shape index (κ3) is 4.21. The van der Waals surface area contributed by atoms with Crippen molar-refractivity contribution in [1.29, 1.82) is 0 Å². The van der Waals surface area contributed by atoms with Gasteiger partial charge in [0, 0.05) is 13.1 Å². The summed E-state index contributed by atoms with van der Waals surface area (Å²) in [5.41, 5.74) is 0.688. The highest BCUT2D eigenvalue weighted by Gasteiger charge is 2.19. The molecule has 2 N–H and O–H groups in total. The van der Waals surface area contributed by atoms with E-state index in [-0.39, 0.29) is 23.6 Å². The first kappa shape index (κ1) is 18.4. The highest BCUT2D eigenvalue weighted by molar-refractivity contribution is 8.00. The molecule has 3 rings (SSSR count). The molecule has 0 saturated heterocycles. The third-order valence-electron chi connectivity index (χ3n) is 4.01. The number of aromatic amines is 1. The summed E-state index contributed by atoms with van der Waals surface area (Å²) in [4.78, 5) is 24.2. The number of hydrogen-bond donors (Lipinski definition) is 2. The van der Waals surface area contributed by atoms with Crippen LogP contribution < -0.4 is 20.5 Å². The zero-order chi connectivity index (χ0) is 18.5. The molecule has 0 fully saturated rings. The molecule has 8 nitrogen and oxygen atoms in total. The first-order valence-corrected chi connectivity index (χ1v) is 9.44. The van der Waals surface area contributed by atoms with Crippen LogP contribution in [0.1, 0.15) is 32.3 Å². The zero-order valence-corrected chi connectivity index (χ0v) is 15.6. The van der Waals surface area contributed by atoms with E-state index in [9.17, 15) is 9.59 Å². The zero-order valence-electron chi connectivity index (χ0n) is 14.8. The summed E-state index contributed by atoms with van der Waals surface area (Å²) in [6, 6.07) is 5.58. The molecule has 0 saturated carbocycles. The van der Waals surface area contributed by atoms with Crippen molar-refractivity contribution in [2.75, 3.05) is 6.79 Å². The van der Waals surface area contributed by atoms with Gasteiger partial charge in [-0.3, -0.25) is 9.36 Å². The standard InChI is InChI=1S/C17H22N4O4S/c1-3-4-7-21-16(23)19-20-17(21)26-11(2)15(22)18-9-12-5-6-13-14(8-12)25-10-24-13/h5-6,8,11H,3-4,7,9-10H2,1-2H3,(H,18,22)(H,19,23)/t11-/m1/s1. The number of unbranched alkanes of at least 4 members (excludes halogenated alkanes) is 1. The number of H-pyrrole nitrogens is 1. The van der Waals surface area contributed by atoms with Crippen LogP contribution in [0.2, 0.25) is 0 Å². The number of benzene rings is 1. The Hall–Kier alpha value is -2.42. The maximum atomic E-state index is 12.4. The van der Waals surface area contributed by atoms with E-state index in [4.69, 9.17) is 9.47 Å². The Morgan fingerprint density at radius 1 is 1.42 bits per heavy atom. The quantitative estimate of drug-likeness (QED) is 0.681. The smallest absolute Gasteiger partial charge is 0.343 e. The first-order chi connectivity index (χ1) is 12.6. The largest absolute Gasteiger partial charge is 0.454 e. The fourth-order valence-corrected chi connectivity index (χ4v) is 3.41. The number of hydrogen-bond acceptors (Lipinski definition) is 6. The summed E-state index contributed by atoms with van der Waals surface area (Å²) in [5, 5.41) is 9.54. The van der Waals surface area contributed by atoms with Gasteiger partial charge in [-0.1, -0.05) is 31.2 Å². The highest BCUT2D eigenvalue weighted by atomic mass is 32.2. The Kier molecular flexibility index (Phi) is 5.87. The van der Waals surface area contributed by atoms with Gasteiger partial charge in [0.05, 0.1) is 5.25 Å². The molecule has 2 heterocycles. The van der Waals surface area contributed by atoms with Gasteiger partial charge in [0.15, 0.2) is 16.7 Å². The van der Waals surface area contributed by atoms with Crippen LogP contribution in [-0.2, 0) is 17.9 Å². The average molecular weight is 378 g/mol. The topological polar surface area (TPSA) is 98.2 Å². The number of thioether (sulfide) groups is 1. The molecule has 0 unspecified atom stereocenters. The molecule has 1 aliphatic heterocycles. The Morgan fingerprint density at radius 2 is 2.23 bits per heavy atom. The molecular formula is C17H22N4O4S. The SMILES string of the molecule is CCCCn1c(S[C@H](C)C(=O)NCc2ccc3c(c2)OCO3)n[nH]c1=O. The number of amides is 1. The molecule has 0 aliphatic carbocycles. The summed E-state index contributed by atoms with van der Waals surface area (Å²) in [5.74, 6) is 1.29. The van der Waals surface area contributed by atoms with E-state index in [2.05, 4.69) is 22.4 Å². The van der Waals surface area contributed by atoms with E-state index in [0.29, 0.717) is 29.7 Å². The molecule has 26 heavy (non-hydrogen) atoms. The van der Waals surface area contributed by atoms with Crippen molar-refractivity contribution in [3.8, 4) is 11.5 Å². The number of carbonyl (C=O) groups excluding carboxylic acids is 1. The van der Waals surface area contributed by atoms with Crippen molar-refractivity contribution < 1.29 is 14.3 Å². The lowest BCUT2D eigenvalue weighted by atomic mass is 10.2. The second-order valence-electron chi connectivity index (χ2n) is 5.98. The van der Waals surface area contributed by atoms with Crippen LogP contribution >= 0.6 is 11.8 Å². The monoisotopic (exact) mass is 378 g/mol. The van der Waals surface area contributed by atoms with Crippen LogP contribution in [0, 0.1) is 0 Å². The molecule has 0 spiro atoms. The maximum Gasteiger partial charge on any atom is 0.343 e. The fourth-order valence-electron chi connectivity index (χ4n) is 2.50. The molecule has 9 heteroatoms. The molecule has 1 aliphatic rings. The number of carbonyl (C=O) groups is 1. The van der Waals surface area contributed by atoms with Crippen molar-refractivity contribution in [2.45, 2.75) is 50.2 Å². The lowest BCUT2D eigenvalue weighted by molar-refractivity contribution is -0.120. The summed E-state index contributed by atoms with van der Waals surface area (Å²) in [7, 11) is 0. The summed E-state index contributed by atoms with van der Waals surface area (Å²) in [6.45, 7) is 5.07. The molecule has 2 aromatic rings. The second-order valence-corrected chi connectivity index (χ2v) is 7.29. The van der Waals surface area contributed by atoms with Crippen LogP contribution in [0.25, 0.3) is 0 Å². The summed E-state index contributed by atoms with van der Waals surface area (Å²) >= 11 is 1.27. The summed E-state index contributed by atoms with van der Waals surface area (Å²) < 4.78 is 12.2. The van der Waals surface area contributed by atoms with Crippen LogP contribution in [0.3, 0.4) is 0 Å². The number of ether oxygens (including phenoxy) is 2. The highest BCUT2D eigenvalue weighted by Crippen LogP contribution is 2.32. The van der Waals surface area contributed by atoms with Gasteiger partial charge < -0.3 is 14.8 Å². The summed E-state index contributed by atoms with van der Waals surface area (Å²) in [6.07, 6.45) is 1.87. The molecule has 1 atom stereocenters. The molecule has 1 aromatic heterocycles. The molecule has 0 bridgehead atoms.